The van der Waals surface area contributed by atoms with Crippen LogP contribution in [0.1, 0.15) is 100 Å². The summed E-state index contributed by atoms with van der Waals surface area (Å²) in [5.74, 6) is -5.85. The van der Waals surface area contributed by atoms with Crippen molar-refractivity contribution in [1.29, 1.82) is 0 Å². The minimum Gasteiger partial charge on any atom is -0.370 e. The second kappa shape index (κ2) is 27.3. The smallest absolute Gasteiger partial charge is 0.246 e. The van der Waals surface area contributed by atoms with Gasteiger partial charge in [-0.1, -0.05) is 98.6 Å². The number of primary amides is 1. The van der Waals surface area contributed by atoms with E-state index in [1.807, 2.05) is 49.4 Å². The Labute approximate surface area is 430 Å². The van der Waals surface area contributed by atoms with Crippen molar-refractivity contribution >= 4 is 64.1 Å². The topological polar surface area (TPSA) is 344 Å². The van der Waals surface area contributed by atoms with Gasteiger partial charge in [0.15, 0.2) is 5.96 Å². The molecule has 2 aliphatic rings. The average molecular weight is 1020 g/mol. The summed E-state index contributed by atoms with van der Waals surface area (Å²) in [5, 5.41) is 17.6. The molecule has 3 heterocycles. The molecule has 0 spiro atoms. The van der Waals surface area contributed by atoms with Gasteiger partial charge in [-0.05, 0) is 74.1 Å². The predicted molar refractivity (Wildman–Crippen MR) is 279 cm³/mol. The average Bonchev–Trinajstić information content (AvgIpc) is 4.02. The summed E-state index contributed by atoms with van der Waals surface area (Å²) in [4.78, 5) is 123. The Balaban J connectivity index is 1.40. The highest BCUT2D eigenvalue weighted by molar-refractivity contribution is 5.99. The van der Waals surface area contributed by atoms with E-state index >= 15 is 4.79 Å². The summed E-state index contributed by atoms with van der Waals surface area (Å²) >= 11 is 0. The number of aliphatic imine (C=N–C) groups is 1. The summed E-state index contributed by atoms with van der Waals surface area (Å²) in [5.41, 5.74) is 26.2. The lowest BCUT2D eigenvalue weighted by molar-refractivity contribution is -0.145. The van der Waals surface area contributed by atoms with Crippen LogP contribution in [0.5, 0.6) is 0 Å². The van der Waals surface area contributed by atoms with E-state index in [1.165, 1.54) is 4.90 Å². The van der Waals surface area contributed by atoms with E-state index in [0.29, 0.717) is 48.8 Å². The zero-order valence-electron chi connectivity index (χ0n) is 41.9. The normalized spacial score (nSPS) is 23.3. The molecular weight excluding hydrogens is 947 g/mol. The third-order valence-electron chi connectivity index (χ3n) is 13.5. The van der Waals surface area contributed by atoms with Crippen LogP contribution in [-0.4, -0.2) is 118 Å². The fourth-order valence-electron chi connectivity index (χ4n) is 9.48. The Morgan fingerprint density at radius 2 is 1.36 bits per heavy atom. The lowest BCUT2D eigenvalue weighted by Gasteiger charge is -2.34. The molecule has 8 amide bonds. The first-order chi connectivity index (χ1) is 35.6. The SMILES string of the molecule is CCCC[C@H](N)C(=O)N[C@H]1CC(=O)NCCCC[C@@H](C(N)=O)NC(=O)[C@H](Cc2c[nH]c3ccccc23)NC(=O)[C@H](CCCN=C(N)N)NC(=O)[C@@H](Cc2ccccc2)NC(=O)[C@@H]2CC[C@H](c3ccccc3)N2C1=O. The highest BCUT2D eigenvalue weighted by Gasteiger charge is 2.45. The number of fused-ring (bicyclic) bond motifs is 2. The Kier molecular flexibility index (Phi) is 20.5. The van der Waals surface area contributed by atoms with E-state index in [-0.39, 0.29) is 57.6 Å². The van der Waals surface area contributed by atoms with Gasteiger partial charge in [-0.15, -0.1) is 0 Å². The van der Waals surface area contributed by atoms with Gasteiger partial charge in [0.1, 0.15) is 36.3 Å². The first kappa shape index (κ1) is 55.5. The number of unbranched alkanes of at least 4 members (excludes halogenated alkanes) is 1. The zero-order chi connectivity index (χ0) is 53.1. The number of hydrogen-bond acceptors (Lipinski definition) is 10. The van der Waals surface area contributed by atoms with Crippen LogP contribution < -0.4 is 54.8 Å². The number of nitrogens with zero attached hydrogens (tertiary/aromatic N) is 2. The molecule has 74 heavy (non-hydrogen) atoms. The van der Waals surface area contributed by atoms with Crippen molar-refractivity contribution in [2.24, 2.45) is 27.9 Å². The second-order valence-electron chi connectivity index (χ2n) is 19.0. The fourth-order valence-corrected chi connectivity index (χ4v) is 9.48. The standard InChI is InChI=1S/C53H71N13O8/c1-2-3-20-36(54)47(69)65-42-30-45(67)58-26-13-12-22-38(46(55)68)61-50(72)41(29-34-31-60-37-21-11-10-19-35(34)37)63-48(70)39(23-14-27-59-53(56)57)62-49(71)40(28-32-15-6-4-7-16-32)64-51(73)44-25-24-43(66(44)52(42)74)33-17-8-5-9-18-33/h4-11,15-19,21,31,36,38-44,60H,2-3,12-14,20,22-30,54H2,1H3,(H2,55,68)(H,58,67)(H,61,72)(H,62,71)(H,63,70)(H,64,73)(H,65,69)(H4,56,57,59)/t36-,38-,39-,40+,41-,42-,43+,44-/m0/s1. The van der Waals surface area contributed by atoms with Gasteiger partial charge in [0.2, 0.25) is 47.3 Å². The Morgan fingerprint density at radius 3 is 2.08 bits per heavy atom. The molecule has 0 unspecified atom stereocenters. The van der Waals surface area contributed by atoms with Crippen molar-refractivity contribution in [3.05, 3.63) is 108 Å². The van der Waals surface area contributed by atoms with Crippen molar-refractivity contribution in [3.8, 4) is 0 Å². The molecule has 15 N–H and O–H groups in total. The maximum atomic E-state index is 15.1. The third kappa shape index (κ3) is 15.6. The molecule has 2 fully saturated rings. The molecule has 0 saturated carbocycles. The van der Waals surface area contributed by atoms with Crippen molar-refractivity contribution in [1.82, 2.24) is 41.8 Å². The highest BCUT2D eigenvalue weighted by atomic mass is 16.2. The van der Waals surface area contributed by atoms with Crippen molar-refractivity contribution in [2.75, 3.05) is 13.1 Å². The first-order valence-electron chi connectivity index (χ1n) is 25.5. The maximum absolute atomic E-state index is 15.1. The van der Waals surface area contributed by atoms with E-state index < -0.39 is 102 Å². The Morgan fingerprint density at radius 1 is 0.730 bits per heavy atom. The van der Waals surface area contributed by atoms with Crippen molar-refractivity contribution in [3.63, 3.8) is 0 Å². The lowest BCUT2D eigenvalue weighted by Crippen LogP contribution is -2.60. The number of guanidine groups is 1. The van der Waals surface area contributed by atoms with Crippen LogP contribution >= 0.6 is 0 Å². The van der Waals surface area contributed by atoms with Gasteiger partial charge in [-0.3, -0.25) is 43.3 Å². The van der Waals surface area contributed by atoms with Crippen molar-refractivity contribution in [2.45, 2.75) is 139 Å². The Hall–Kier alpha value is -7.81. The van der Waals surface area contributed by atoms with Crippen LogP contribution in [0.4, 0.5) is 0 Å². The molecule has 2 aliphatic heterocycles. The number of nitrogens with two attached hydrogens (primary N) is 4. The Bertz CT molecular complexity index is 2610. The van der Waals surface area contributed by atoms with Crippen LogP contribution in [0.2, 0.25) is 0 Å². The molecule has 4 aromatic rings. The molecule has 396 valence electrons. The number of aromatic amines is 1. The minimum absolute atomic E-state index is 0.0165. The van der Waals surface area contributed by atoms with Crippen LogP contribution in [0.15, 0.2) is 96.1 Å². The maximum Gasteiger partial charge on any atom is 0.246 e. The van der Waals surface area contributed by atoms with E-state index in [2.05, 4.69) is 41.9 Å². The number of aromatic nitrogens is 1. The van der Waals surface area contributed by atoms with E-state index in [0.717, 1.165) is 17.3 Å². The van der Waals surface area contributed by atoms with Crippen LogP contribution in [-0.2, 0) is 51.2 Å². The van der Waals surface area contributed by atoms with E-state index in [1.54, 1.807) is 48.7 Å². The van der Waals surface area contributed by atoms with Gasteiger partial charge in [0.05, 0.1) is 18.5 Å². The number of para-hydroxylation sites is 1. The number of amides is 8. The molecule has 21 heteroatoms. The number of nitrogens with one attached hydrogen (secondary N) is 7. The highest BCUT2D eigenvalue weighted by Crippen LogP contribution is 2.37. The number of rotatable bonds is 15. The minimum atomic E-state index is -1.45. The molecule has 6 rings (SSSR count). The molecule has 0 radical (unpaired) electrons. The van der Waals surface area contributed by atoms with E-state index in [9.17, 15) is 33.6 Å². The number of H-pyrrole nitrogens is 1. The van der Waals surface area contributed by atoms with Crippen molar-refractivity contribution < 1.29 is 38.4 Å². The predicted octanol–water partition coefficient (Wildman–Crippen LogP) is 0.856. The molecule has 21 nitrogen and oxygen atoms in total. The quantitative estimate of drug-likeness (QED) is 0.0451. The molecule has 1 aromatic heterocycles. The molecule has 0 aliphatic carbocycles. The summed E-state index contributed by atoms with van der Waals surface area (Å²) < 4.78 is 0. The van der Waals surface area contributed by atoms with Gasteiger partial charge in [0, 0.05) is 43.0 Å². The summed E-state index contributed by atoms with van der Waals surface area (Å²) in [6.45, 7) is 2.14. The number of benzene rings is 3. The summed E-state index contributed by atoms with van der Waals surface area (Å²) in [6.07, 6.45) is 4.25. The van der Waals surface area contributed by atoms with Crippen LogP contribution in [0.25, 0.3) is 10.9 Å². The zero-order valence-corrected chi connectivity index (χ0v) is 41.9. The largest absolute Gasteiger partial charge is 0.370 e. The molecule has 0 bridgehead atoms. The second-order valence-corrected chi connectivity index (χ2v) is 19.0. The molecule has 2 saturated heterocycles. The fraction of sp³-hybridized carbons (Fsp3) is 0.453. The molecule has 3 aromatic carbocycles. The van der Waals surface area contributed by atoms with Gasteiger partial charge < -0.3 is 64.7 Å². The van der Waals surface area contributed by atoms with Gasteiger partial charge in [0.25, 0.3) is 0 Å². The summed E-state index contributed by atoms with van der Waals surface area (Å²) in [6, 6.07) is 16.0. The number of hydrogen-bond donors (Lipinski definition) is 11. The summed E-state index contributed by atoms with van der Waals surface area (Å²) in [7, 11) is 0. The van der Waals surface area contributed by atoms with Crippen LogP contribution in [0.3, 0.4) is 0 Å². The number of carbonyl (C=O) groups excluding carboxylic acids is 8. The monoisotopic (exact) mass is 1020 g/mol. The number of carbonyl (C=O) groups is 8. The molecule has 8 atom stereocenters. The van der Waals surface area contributed by atoms with E-state index in [4.69, 9.17) is 22.9 Å². The third-order valence-corrected chi connectivity index (χ3v) is 13.5. The van der Waals surface area contributed by atoms with Gasteiger partial charge in [-0.25, -0.2) is 0 Å². The van der Waals surface area contributed by atoms with Gasteiger partial charge >= 0.3 is 0 Å². The lowest BCUT2D eigenvalue weighted by atomic mass is 10.0. The first-order valence-corrected chi connectivity index (χ1v) is 25.5. The van der Waals surface area contributed by atoms with Crippen LogP contribution in [0, 0.1) is 0 Å². The molecular formula is C53H71N13O8. The van der Waals surface area contributed by atoms with Gasteiger partial charge in [-0.2, -0.15) is 0 Å².